The van der Waals surface area contributed by atoms with Gasteiger partial charge in [0.2, 0.25) is 0 Å². The lowest BCUT2D eigenvalue weighted by atomic mass is 10.1. The Morgan fingerprint density at radius 3 is 2.06 bits per heavy atom. The molecule has 1 aromatic carbocycles. The summed E-state index contributed by atoms with van der Waals surface area (Å²) in [5.41, 5.74) is 1.74. The fraction of sp³-hybridized carbons (Fsp3) is 0.417. The third-order valence-corrected chi connectivity index (χ3v) is 4.43. The van der Waals surface area contributed by atoms with Gasteiger partial charge in [-0.3, -0.25) is 0 Å². The molecule has 1 aromatic rings. The molecule has 0 aliphatic rings. The van der Waals surface area contributed by atoms with Crippen LogP contribution in [0.25, 0.3) is 0 Å². The second kappa shape index (κ2) is 5.87. The average molecular weight is 381 g/mol. The standard InChI is InChI=1S/C12H15Br2NOS/c1-8(15-17(16)12(2,3)4)9-5-10(13)7-11(14)6-9/h5-7H,1-4H3. The second-order valence-corrected chi connectivity index (χ2v) is 8.43. The van der Waals surface area contributed by atoms with Gasteiger partial charge in [-0.1, -0.05) is 36.3 Å². The Balaban J connectivity index is 3.04. The van der Waals surface area contributed by atoms with Gasteiger partial charge in [0.15, 0.2) is 0 Å². The first-order chi connectivity index (χ1) is 7.70. The maximum Gasteiger partial charge on any atom is 0.144 e. The van der Waals surface area contributed by atoms with Crippen molar-refractivity contribution in [2.24, 2.45) is 4.40 Å². The van der Waals surface area contributed by atoms with Crippen LogP contribution >= 0.6 is 31.9 Å². The zero-order valence-corrected chi connectivity index (χ0v) is 14.2. The first-order valence-electron chi connectivity index (χ1n) is 5.14. The smallest absolute Gasteiger partial charge is 0.144 e. The second-order valence-electron chi connectivity index (χ2n) is 4.70. The lowest BCUT2D eigenvalue weighted by Gasteiger charge is -2.18. The summed E-state index contributed by atoms with van der Waals surface area (Å²) in [6, 6.07) is 5.88. The summed E-state index contributed by atoms with van der Waals surface area (Å²) in [6.07, 6.45) is 0. The molecule has 0 aliphatic carbocycles. The molecule has 1 atom stereocenters. The monoisotopic (exact) mass is 379 g/mol. The maximum atomic E-state index is 11.9. The summed E-state index contributed by atoms with van der Waals surface area (Å²) < 4.78 is 17.8. The van der Waals surface area contributed by atoms with Gasteiger partial charge in [0.25, 0.3) is 0 Å². The normalized spacial score (nSPS) is 14.9. The Morgan fingerprint density at radius 2 is 1.65 bits per heavy atom. The number of rotatable bonds is 2. The van der Waals surface area contributed by atoms with Crippen molar-refractivity contribution >= 4 is 48.9 Å². The Bertz CT molecular complexity index is 420. The highest BCUT2D eigenvalue weighted by molar-refractivity contribution is 9.11. The number of benzene rings is 1. The average Bonchev–Trinajstić information content (AvgIpc) is 2.14. The summed E-state index contributed by atoms with van der Waals surface area (Å²) in [7, 11) is 0. The summed E-state index contributed by atoms with van der Waals surface area (Å²) in [4.78, 5) is 0. The van der Waals surface area contributed by atoms with E-state index in [9.17, 15) is 4.55 Å². The molecule has 0 saturated carbocycles. The van der Waals surface area contributed by atoms with Crippen molar-refractivity contribution in [2.75, 3.05) is 0 Å². The van der Waals surface area contributed by atoms with Gasteiger partial charge in [0, 0.05) is 14.5 Å². The highest BCUT2D eigenvalue weighted by Crippen LogP contribution is 2.22. The lowest BCUT2D eigenvalue weighted by Crippen LogP contribution is -2.26. The zero-order chi connectivity index (χ0) is 13.2. The van der Waals surface area contributed by atoms with Crippen LogP contribution in [0.1, 0.15) is 33.3 Å². The van der Waals surface area contributed by atoms with E-state index in [1.165, 1.54) is 0 Å². The minimum Gasteiger partial charge on any atom is -0.591 e. The van der Waals surface area contributed by atoms with Gasteiger partial charge in [-0.25, -0.2) is 0 Å². The molecular formula is C12H15Br2NOS. The van der Waals surface area contributed by atoms with Crippen LogP contribution in [0, 0.1) is 0 Å². The van der Waals surface area contributed by atoms with E-state index in [4.69, 9.17) is 0 Å². The van der Waals surface area contributed by atoms with Crippen molar-refractivity contribution in [1.29, 1.82) is 0 Å². The molecule has 0 saturated heterocycles. The summed E-state index contributed by atoms with van der Waals surface area (Å²) in [5.74, 6) is 0. The Hall–Kier alpha value is 0.160. The molecule has 0 fully saturated rings. The van der Waals surface area contributed by atoms with Gasteiger partial charge >= 0.3 is 0 Å². The third-order valence-electron chi connectivity index (χ3n) is 2.02. The van der Waals surface area contributed by atoms with Gasteiger partial charge in [-0.15, -0.1) is 0 Å². The molecule has 0 radical (unpaired) electrons. The Kier molecular flexibility index (Phi) is 5.25. The molecule has 1 unspecified atom stereocenters. The molecule has 0 spiro atoms. The van der Waals surface area contributed by atoms with Crippen LogP contribution in [0.4, 0.5) is 0 Å². The van der Waals surface area contributed by atoms with Gasteiger partial charge in [0.05, 0.1) is 5.71 Å². The summed E-state index contributed by atoms with van der Waals surface area (Å²) in [5, 5.41) is 0. The fourth-order valence-corrected chi connectivity index (χ4v) is 3.00. The van der Waals surface area contributed by atoms with Crippen molar-refractivity contribution in [3.05, 3.63) is 32.7 Å². The van der Waals surface area contributed by atoms with Crippen LogP contribution in [0.15, 0.2) is 31.5 Å². The third kappa shape index (κ3) is 4.73. The first kappa shape index (κ1) is 15.2. The van der Waals surface area contributed by atoms with Gasteiger partial charge < -0.3 is 4.55 Å². The van der Waals surface area contributed by atoms with E-state index >= 15 is 0 Å². The summed E-state index contributed by atoms with van der Waals surface area (Å²) in [6.45, 7) is 7.61. The van der Waals surface area contributed by atoms with E-state index in [2.05, 4.69) is 36.3 Å². The molecule has 0 aromatic heterocycles. The van der Waals surface area contributed by atoms with Crippen LogP contribution < -0.4 is 0 Å². The highest BCUT2D eigenvalue weighted by Gasteiger charge is 2.26. The van der Waals surface area contributed by atoms with Crippen LogP contribution in [0.5, 0.6) is 0 Å². The van der Waals surface area contributed by atoms with Crippen LogP contribution in [0.2, 0.25) is 0 Å². The Morgan fingerprint density at radius 1 is 1.18 bits per heavy atom. The minimum absolute atomic E-state index is 0.329. The van der Waals surface area contributed by atoms with Gasteiger partial charge in [-0.05, 0) is 45.9 Å². The van der Waals surface area contributed by atoms with Gasteiger partial charge in [0.1, 0.15) is 16.1 Å². The molecular weight excluding hydrogens is 366 g/mol. The number of hydrogen-bond donors (Lipinski definition) is 0. The largest absolute Gasteiger partial charge is 0.591 e. The predicted molar refractivity (Wildman–Crippen MR) is 81.9 cm³/mol. The molecule has 0 amide bonds. The minimum atomic E-state index is -1.22. The zero-order valence-electron chi connectivity index (χ0n) is 10.3. The molecule has 2 nitrogen and oxygen atoms in total. The van der Waals surface area contributed by atoms with E-state index in [0.717, 1.165) is 20.2 Å². The maximum absolute atomic E-state index is 11.9. The summed E-state index contributed by atoms with van der Waals surface area (Å²) >= 11 is 5.63. The van der Waals surface area contributed by atoms with Crippen molar-refractivity contribution < 1.29 is 4.55 Å². The lowest BCUT2D eigenvalue weighted by molar-refractivity contribution is 0.561. The van der Waals surface area contributed by atoms with E-state index in [1.807, 2.05) is 45.9 Å². The molecule has 0 aliphatic heterocycles. The molecule has 1 rings (SSSR count). The quantitative estimate of drug-likeness (QED) is 0.550. The van der Waals surface area contributed by atoms with E-state index in [0.29, 0.717) is 0 Å². The number of halogens is 2. The Labute approximate surface area is 122 Å². The highest BCUT2D eigenvalue weighted by atomic mass is 79.9. The molecule has 0 heterocycles. The molecule has 17 heavy (non-hydrogen) atoms. The van der Waals surface area contributed by atoms with Crippen molar-refractivity contribution in [3.63, 3.8) is 0 Å². The fourth-order valence-electron chi connectivity index (χ4n) is 1.08. The van der Waals surface area contributed by atoms with Crippen LogP contribution in [-0.4, -0.2) is 15.0 Å². The molecule has 5 heteroatoms. The van der Waals surface area contributed by atoms with Crippen molar-refractivity contribution in [2.45, 2.75) is 32.4 Å². The van der Waals surface area contributed by atoms with Crippen molar-refractivity contribution in [3.8, 4) is 0 Å². The topological polar surface area (TPSA) is 35.4 Å². The van der Waals surface area contributed by atoms with Crippen molar-refractivity contribution in [1.82, 2.24) is 0 Å². The number of nitrogens with zero attached hydrogens (tertiary/aromatic N) is 1. The van der Waals surface area contributed by atoms with E-state index in [-0.39, 0.29) is 4.75 Å². The molecule has 94 valence electrons. The van der Waals surface area contributed by atoms with Crippen LogP contribution in [0.3, 0.4) is 0 Å². The predicted octanol–water partition coefficient (Wildman–Crippen LogP) is 4.48. The first-order valence-corrected chi connectivity index (χ1v) is 7.83. The molecule has 0 bridgehead atoms. The molecule has 0 N–H and O–H groups in total. The number of hydrogen-bond acceptors (Lipinski definition) is 2. The van der Waals surface area contributed by atoms with Gasteiger partial charge in [-0.2, -0.15) is 0 Å². The van der Waals surface area contributed by atoms with Crippen LogP contribution in [-0.2, 0) is 11.4 Å². The van der Waals surface area contributed by atoms with E-state index < -0.39 is 11.4 Å². The SMILES string of the molecule is CC(=N[S+]([O-])C(C)(C)C)c1cc(Br)cc(Br)c1. The van der Waals surface area contributed by atoms with E-state index in [1.54, 1.807) is 0 Å².